The van der Waals surface area contributed by atoms with Crippen molar-refractivity contribution >= 4 is 11.8 Å². The summed E-state index contributed by atoms with van der Waals surface area (Å²) in [4.78, 5) is 39.8. The van der Waals surface area contributed by atoms with E-state index in [1.165, 1.54) is 9.70 Å². The van der Waals surface area contributed by atoms with E-state index in [0.717, 1.165) is 10.4 Å². The molecule has 0 saturated carbocycles. The quantitative estimate of drug-likeness (QED) is 0.430. The van der Waals surface area contributed by atoms with E-state index in [9.17, 15) is 14.4 Å². The highest BCUT2D eigenvalue weighted by atomic mass is 16.4. The van der Waals surface area contributed by atoms with Gasteiger partial charge in [-0.2, -0.15) is 14.6 Å². The number of rotatable bonds is 6. The predicted molar refractivity (Wildman–Crippen MR) is 112 cm³/mol. The zero-order valence-corrected chi connectivity index (χ0v) is 17.1. The van der Waals surface area contributed by atoms with Crippen molar-refractivity contribution in [1.82, 2.24) is 29.7 Å². The molecule has 0 radical (unpaired) electrons. The third-order valence-electron chi connectivity index (χ3n) is 5.21. The maximum absolute atomic E-state index is 12.4. The lowest BCUT2D eigenvalue weighted by molar-refractivity contribution is 0.0650. The van der Waals surface area contributed by atoms with Crippen molar-refractivity contribution in [2.24, 2.45) is 0 Å². The monoisotopic (exact) mass is 430 g/mol. The van der Waals surface area contributed by atoms with E-state index in [1.54, 1.807) is 31.2 Å². The minimum absolute atomic E-state index is 0.0652. The molecular formula is C22H18N6O4. The Balaban J connectivity index is 1.29. The van der Waals surface area contributed by atoms with Crippen LogP contribution in [0.25, 0.3) is 17.3 Å². The molecule has 1 aliphatic rings. The Morgan fingerprint density at radius 2 is 1.47 bits per heavy atom. The SMILES string of the molecule is Cc1nn(-c2ccccc2)nc1-c1nn(CCCN2C(=O)c3ccccc3C2=O)c(=O)o1. The number of benzene rings is 2. The molecule has 0 unspecified atom stereocenters. The van der Waals surface area contributed by atoms with E-state index >= 15 is 0 Å². The number of hydrogen-bond acceptors (Lipinski definition) is 7. The lowest BCUT2D eigenvalue weighted by Crippen LogP contribution is -2.32. The van der Waals surface area contributed by atoms with Gasteiger partial charge in [0.1, 0.15) is 0 Å². The molecule has 1 aliphatic heterocycles. The van der Waals surface area contributed by atoms with Gasteiger partial charge in [0.2, 0.25) is 0 Å². The van der Waals surface area contributed by atoms with Crippen LogP contribution in [0.4, 0.5) is 0 Å². The van der Waals surface area contributed by atoms with Crippen LogP contribution < -0.4 is 5.76 Å². The molecule has 2 aromatic carbocycles. The van der Waals surface area contributed by atoms with Crippen molar-refractivity contribution in [1.29, 1.82) is 0 Å². The van der Waals surface area contributed by atoms with E-state index < -0.39 is 5.76 Å². The van der Waals surface area contributed by atoms with Gasteiger partial charge in [-0.25, -0.2) is 4.79 Å². The van der Waals surface area contributed by atoms with Crippen molar-refractivity contribution in [3.63, 3.8) is 0 Å². The Kier molecular flexibility index (Phi) is 4.74. The molecule has 0 fully saturated rings. The number of aryl methyl sites for hydroxylation is 2. The highest BCUT2D eigenvalue weighted by Crippen LogP contribution is 2.22. The Bertz CT molecular complexity index is 1350. The fourth-order valence-electron chi connectivity index (χ4n) is 3.62. The van der Waals surface area contributed by atoms with Crippen LogP contribution >= 0.6 is 0 Å². The van der Waals surface area contributed by atoms with Crippen molar-refractivity contribution in [2.45, 2.75) is 19.9 Å². The van der Waals surface area contributed by atoms with Gasteiger partial charge >= 0.3 is 5.76 Å². The molecule has 160 valence electrons. The first-order chi connectivity index (χ1) is 15.5. The molecule has 32 heavy (non-hydrogen) atoms. The van der Waals surface area contributed by atoms with Gasteiger partial charge in [-0.3, -0.25) is 14.5 Å². The van der Waals surface area contributed by atoms with Gasteiger partial charge in [-0.1, -0.05) is 30.3 Å². The van der Waals surface area contributed by atoms with E-state index in [4.69, 9.17) is 4.42 Å². The smallest absolute Gasteiger partial charge is 0.386 e. The first-order valence-electron chi connectivity index (χ1n) is 10.1. The standard InChI is InChI=1S/C22H18N6O4/c1-14-18(24-28(23-14)15-8-3-2-4-9-15)19-25-27(22(31)32-19)13-7-12-26-20(29)16-10-5-6-11-17(16)21(26)30/h2-6,8-11H,7,12-13H2,1H3. The number of hydrogen-bond donors (Lipinski definition) is 0. The summed E-state index contributed by atoms with van der Waals surface area (Å²) in [5.74, 6) is -1.23. The average Bonchev–Trinajstić information content (AvgIpc) is 3.45. The topological polar surface area (TPSA) is 116 Å². The van der Waals surface area contributed by atoms with Crippen LogP contribution in [0.3, 0.4) is 0 Å². The number of amides is 2. The Labute approximate surface area is 181 Å². The third-order valence-corrected chi connectivity index (χ3v) is 5.21. The van der Waals surface area contributed by atoms with E-state index in [-0.39, 0.29) is 30.8 Å². The van der Waals surface area contributed by atoms with Gasteiger partial charge < -0.3 is 4.42 Å². The van der Waals surface area contributed by atoms with Crippen LogP contribution in [-0.4, -0.2) is 48.0 Å². The normalized spacial score (nSPS) is 13.1. The summed E-state index contributed by atoms with van der Waals surface area (Å²) in [5, 5.41) is 13.0. The van der Waals surface area contributed by atoms with Gasteiger partial charge in [-0.15, -0.1) is 10.2 Å². The molecule has 0 N–H and O–H groups in total. The summed E-state index contributed by atoms with van der Waals surface area (Å²) >= 11 is 0. The zero-order valence-electron chi connectivity index (χ0n) is 17.1. The van der Waals surface area contributed by atoms with Crippen molar-refractivity contribution in [3.8, 4) is 17.3 Å². The molecular weight excluding hydrogens is 412 g/mol. The van der Waals surface area contributed by atoms with Crippen LogP contribution in [0, 0.1) is 6.92 Å². The summed E-state index contributed by atoms with van der Waals surface area (Å²) in [5.41, 5.74) is 2.49. The number of carbonyl (C=O) groups excluding carboxylic acids is 2. The molecule has 0 atom stereocenters. The van der Waals surface area contributed by atoms with Crippen LogP contribution in [0.2, 0.25) is 0 Å². The highest BCUT2D eigenvalue weighted by Gasteiger charge is 2.34. The zero-order chi connectivity index (χ0) is 22.2. The molecule has 0 spiro atoms. The predicted octanol–water partition coefficient (Wildman–Crippen LogP) is 2.08. The lowest BCUT2D eigenvalue weighted by Gasteiger charge is -2.12. The van der Waals surface area contributed by atoms with Crippen molar-refractivity contribution in [3.05, 3.63) is 82.0 Å². The average molecular weight is 430 g/mol. The molecule has 10 heteroatoms. The second-order valence-corrected chi connectivity index (χ2v) is 7.32. The molecule has 5 rings (SSSR count). The van der Waals surface area contributed by atoms with Gasteiger partial charge in [0.25, 0.3) is 17.7 Å². The minimum Gasteiger partial charge on any atom is -0.386 e. The Morgan fingerprint density at radius 3 is 2.16 bits per heavy atom. The van der Waals surface area contributed by atoms with Crippen LogP contribution in [-0.2, 0) is 6.54 Å². The second kappa shape index (κ2) is 7.73. The van der Waals surface area contributed by atoms with Gasteiger partial charge in [0.15, 0.2) is 5.69 Å². The van der Waals surface area contributed by atoms with Crippen LogP contribution in [0.15, 0.2) is 63.8 Å². The summed E-state index contributed by atoms with van der Waals surface area (Å²) < 4.78 is 6.44. The summed E-state index contributed by atoms with van der Waals surface area (Å²) in [6, 6.07) is 16.1. The third kappa shape index (κ3) is 3.31. The molecule has 3 heterocycles. The van der Waals surface area contributed by atoms with E-state index in [1.807, 2.05) is 30.3 Å². The molecule has 4 aromatic rings. The molecule has 0 saturated heterocycles. The maximum atomic E-state index is 12.4. The summed E-state index contributed by atoms with van der Waals surface area (Å²) in [6.45, 7) is 2.11. The Hall–Kier alpha value is -4.34. The Morgan fingerprint density at radius 1 is 0.812 bits per heavy atom. The van der Waals surface area contributed by atoms with E-state index in [0.29, 0.717) is 28.9 Å². The van der Waals surface area contributed by atoms with Gasteiger partial charge in [0, 0.05) is 13.1 Å². The summed E-state index contributed by atoms with van der Waals surface area (Å²) in [6.07, 6.45) is 0.354. The van der Waals surface area contributed by atoms with Crippen molar-refractivity contribution < 1.29 is 14.0 Å². The number of nitrogens with zero attached hydrogens (tertiary/aromatic N) is 6. The molecule has 2 aromatic heterocycles. The molecule has 2 amide bonds. The van der Waals surface area contributed by atoms with E-state index in [2.05, 4.69) is 15.3 Å². The van der Waals surface area contributed by atoms with Gasteiger partial charge in [0.05, 0.1) is 22.5 Å². The van der Waals surface area contributed by atoms with Crippen LogP contribution in [0.1, 0.15) is 32.8 Å². The maximum Gasteiger partial charge on any atom is 0.437 e. The molecule has 10 nitrogen and oxygen atoms in total. The minimum atomic E-state index is -0.643. The highest BCUT2D eigenvalue weighted by molar-refractivity contribution is 6.21. The number of carbonyl (C=O) groups is 2. The van der Waals surface area contributed by atoms with Crippen molar-refractivity contribution in [2.75, 3.05) is 6.54 Å². The molecule has 0 bridgehead atoms. The second-order valence-electron chi connectivity index (χ2n) is 7.32. The number of imide groups is 1. The summed E-state index contributed by atoms with van der Waals surface area (Å²) in [7, 11) is 0. The first-order valence-corrected chi connectivity index (χ1v) is 10.1. The lowest BCUT2D eigenvalue weighted by atomic mass is 10.1. The largest absolute Gasteiger partial charge is 0.437 e. The fraction of sp³-hybridized carbons (Fsp3) is 0.182. The number of fused-ring (bicyclic) bond motifs is 1. The number of para-hydroxylation sites is 1. The van der Waals surface area contributed by atoms with Gasteiger partial charge in [-0.05, 0) is 37.6 Å². The fourth-order valence-corrected chi connectivity index (χ4v) is 3.62. The number of aromatic nitrogens is 5. The first kappa shape index (κ1) is 19.6. The molecule has 0 aliphatic carbocycles. The van der Waals surface area contributed by atoms with Crippen LogP contribution in [0.5, 0.6) is 0 Å².